The van der Waals surface area contributed by atoms with E-state index in [1.807, 2.05) is 18.4 Å². The van der Waals surface area contributed by atoms with Gasteiger partial charge >= 0.3 is 0 Å². The first kappa shape index (κ1) is 13.7. The quantitative estimate of drug-likeness (QED) is 0.909. The number of nitrogens with two attached hydrogens (primary N) is 1. The smallest absolute Gasteiger partial charge is 0.239 e. The molecular weight excluding hydrogens is 288 g/mol. The third-order valence-corrected chi connectivity index (χ3v) is 3.99. The van der Waals surface area contributed by atoms with Crippen LogP contribution in [0.1, 0.15) is 24.6 Å². The number of thiophene rings is 1. The lowest BCUT2D eigenvalue weighted by Crippen LogP contribution is -2.41. The van der Waals surface area contributed by atoms with E-state index in [1.165, 1.54) is 0 Å². The fourth-order valence-electron chi connectivity index (χ4n) is 1.47. The molecule has 1 aromatic rings. The molecule has 1 rings (SSSR count). The van der Waals surface area contributed by atoms with Crippen LogP contribution in [0.25, 0.3) is 0 Å². The predicted octanol–water partition coefficient (Wildman–Crippen LogP) is 2.60. The first-order valence-corrected chi connectivity index (χ1v) is 6.95. The lowest BCUT2D eigenvalue weighted by Gasteiger charge is -2.20. The summed E-state index contributed by atoms with van der Waals surface area (Å²) in [6.45, 7) is 2.66. The Hall–Kier alpha value is -0.390. The Kier molecular flexibility index (Phi) is 5.44. The van der Waals surface area contributed by atoms with Gasteiger partial charge in [-0.2, -0.15) is 0 Å². The number of amides is 1. The molecule has 5 heteroatoms. The van der Waals surface area contributed by atoms with Crippen molar-refractivity contribution in [2.45, 2.75) is 32.4 Å². The molecule has 0 saturated heterocycles. The molecule has 16 heavy (non-hydrogen) atoms. The van der Waals surface area contributed by atoms with Crippen LogP contribution < -0.4 is 5.73 Å². The van der Waals surface area contributed by atoms with E-state index < -0.39 is 0 Å². The molecule has 0 aromatic carbocycles. The third-order valence-electron chi connectivity index (χ3n) is 2.31. The Morgan fingerprint density at radius 2 is 2.38 bits per heavy atom. The van der Waals surface area contributed by atoms with Crippen LogP contribution >= 0.6 is 27.3 Å². The summed E-state index contributed by atoms with van der Waals surface area (Å²) in [4.78, 5) is 14.7. The van der Waals surface area contributed by atoms with Gasteiger partial charge in [-0.3, -0.25) is 4.79 Å². The second-order valence-electron chi connectivity index (χ2n) is 3.82. The molecule has 3 nitrogen and oxygen atoms in total. The molecule has 90 valence electrons. The van der Waals surface area contributed by atoms with Gasteiger partial charge in [0.1, 0.15) is 0 Å². The van der Waals surface area contributed by atoms with E-state index in [4.69, 9.17) is 5.73 Å². The Morgan fingerprint density at radius 1 is 1.69 bits per heavy atom. The van der Waals surface area contributed by atoms with Gasteiger partial charge in [-0.25, -0.2) is 0 Å². The van der Waals surface area contributed by atoms with Crippen molar-refractivity contribution in [2.24, 2.45) is 5.73 Å². The largest absolute Gasteiger partial charge is 0.339 e. The van der Waals surface area contributed by atoms with E-state index in [0.717, 1.165) is 22.2 Å². The Labute approximate surface area is 109 Å². The Morgan fingerprint density at radius 3 is 2.88 bits per heavy atom. The minimum Gasteiger partial charge on any atom is -0.339 e. The fraction of sp³-hybridized carbons (Fsp3) is 0.545. The molecule has 0 spiro atoms. The molecule has 1 heterocycles. The number of likely N-dealkylation sites (N-methyl/N-ethyl adjacent to an activating group) is 1. The Bertz CT molecular complexity index is 354. The zero-order valence-corrected chi connectivity index (χ0v) is 12.0. The molecule has 2 N–H and O–H groups in total. The number of nitrogens with zero attached hydrogens (tertiary/aromatic N) is 1. The van der Waals surface area contributed by atoms with Gasteiger partial charge < -0.3 is 10.6 Å². The highest BCUT2D eigenvalue weighted by Gasteiger charge is 2.17. The Balaban J connectivity index is 2.51. The van der Waals surface area contributed by atoms with Gasteiger partial charge in [0.15, 0.2) is 0 Å². The second kappa shape index (κ2) is 6.37. The summed E-state index contributed by atoms with van der Waals surface area (Å²) in [6.07, 6.45) is 1.68. The fourth-order valence-corrected chi connectivity index (χ4v) is 2.97. The first-order valence-electron chi connectivity index (χ1n) is 5.28. The van der Waals surface area contributed by atoms with E-state index in [9.17, 15) is 4.79 Å². The zero-order chi connectivity index (χ0) is 12.1. The van der Waals surface area contributed by atoms with Crippen LogP contribution in [0.15, 0.2) is 15.9 Å². The monoisotopic (exact) mass is 304 g/mol. The maximum Gasteiger partial charge on any atom is 0.239 e. The standard InChI is InChI=1S/C11H17BrN2OS/c1-3-4-10(13)11(15)14(2)6-9-5-8(12)7-16-9/h5,7,10H,3-4,6,13H2,1-2H3/t10-/m1/s1. The van der Waals surface area contributed by atoms with Crippen LogP contribution in [-0.2, 0) is 11.3 Å². The van der Waals surface area contributed by atoms with Gasteiger partial charge in [0.05, 0.1) is 12.6 Å². The number of carbonyl (C=O) groups is 1. The average Bonchev–Trinajstić information content (AvgIpc) is 2.63. The molecule has 0 saturated carbocycles. The molecule has 1 atom stereocenters. The first-order chi connectivity index (χ1) is 7.54. The van der Waals surface area contributed by atoms with Gasteiger partial charge in [-0.1, -0.05) is 13.3 Å². The van der Waals surface area contributed by atoms with Crippen molar-refractivity contribution in [1.82, 2.24) is 4.90 Å². The van der Waals surface area contributed by atoms with Crippen LogP contribution in [0, 0.1) is 0 Å². The molecule has 0 radical (unpaired) electrons. The summed E-state index contributed by atoms with van der Waals surface area (Å²) in [7, 11) is 1.80. The third kappa shape index (κ3) is 3.88. The number of carbonyl (C=O) groups excluding carboxylic acids is 1. The van der Waals surface area contributed by atoms with E-state index in [1.54, 1.807) is 23.3 Å². The van der Waals surface area contributed by atoms with Crippen LogP contribution in [0.5, 0.6) is 0 Å². The van der Waals surface area contributed by atoms with E-state index in [-0.39, 0.29) is 11.9 Å². The van der Waals surface area contributed by atoms with Crippen molar-refractivity contribution >= 4 is 33.2 Å². The molecule has 1 aromatic heterocycles. The number of halogens is 1. The van der Waals surface area contributed by atoms with Crippen LogP contribution in [0.3, 0.4) is 0 Å². The van der Waals surface area contributed by atoms with Gasteiger partial charge in [-0.15, -0.1) is 11.3 Å². The summed E-state index contributed by atoms with van der Waals surface area (Å²) in [5, 5.41) is 2.01. The molecule has 0 bridgehead atoms. The second-order valence-corrected chi connectivity index (χ2v) is 5.73. The number of rotatable bonds is 5. The predicted molar refractivity (Wildman–Crippen MR) is 71.4 cm³/mol. The lowest BCUT2D eigenvalue weighted by atomic mass is 10.1. The van der Waals surface area contributed by atoms with Gasteiger partial charge in [0.2, 0.25) is 5.91 Å². The van der Waals surface area contributed by atoms with E-state index >= 15 is 0 Å². The minimum absolute atomic E-state index is 0.0198. The van der Waals surface area contributed by atoms with Gasteiger partial charge in [0, 0.05) is 21.8 Å². The van der Waals surface area contributed by atoms with Crippen LogP contribution in [0.2, 0.25) is 0 Å². The molecule has 1 amide bonds. The van der Waals surface area contributed by atoms with Crippen LogP contribution in [0.4, 0.5) is 0 Å². The highest BCUT2D eigenvalue weighted by atomic mass is 79.9. The highest BCUT2D eigenvalue weighted by molar-refractivity contribution is 9.10. The van der Waals surface area contributed by atoms with Crippen molar-refractivity contribution in [2.75, 3.05) is 7.05 Å². The van der Waals surface area contributed by atoms with Gasteiger partial charge in [0.25, 0.3) is 0 Å². The van der Waals surface area contributed by atoms with Crippen LogP contribution in [-0.4, -0.2) is 23.9 Å². The molecule has 0 aliphatic heterocycles. The summed E-state index contributed by atoms with van der Waals surface area (Å²) >= 11 is 5.03. The van der Waals surface area contributed by atoms with Crippen molar-refractivity contribution in [1.29, 1.82) is 0 Å². The molecular formula is C11H17BrN2OS. The lowest BCUT2D eigenvalue weighted by molar-refractivity contribution is -0.131. The molecule has 0 aliphatic carbocycles. The zero-order valence-electron chi connectivity index (χ0n) is 9.57. The molecule has 0 unspecified atom stereocenters. The average molecular weight is 305 g/mol. The van der Waals surface area contributed by atoms with E-state index in [2.05, 4.69) is 15.9 Å². The summed E-state index contributed by atoms with van der Waals surface area (Å²) < 4.78 is 1.06. The number of hydrogen-bond acceptors (Lipinski definition) is 3. The summed E-state index contributed by atoms with van der Waals surface area (Å²) in [6, 6.07) is 1.66. The summed E-state index contributed by atoms with van der Waals surface area (Å²) in [5.74, 6) is 0.0198. The topological polar surface area (TPSA) is 46.3 Å². The minimum atomic E-state index is -0.363. The number of hydrogen-bond donors (Lipinski definition) is 1. The maximum atomic E-state index is 11.8. The van der Waals surface area contributed by atoms with Crippen molar-refractivity contribution < 1.29 is 4.79 Å². The highest BCUT2D eigenvalue weighted by Crippen LogP contribution is 2.21. The molecule has 0 fully saturated rings. The van der Waals surface area contributed by atoms with Crippen molar-refractivity contribution in [3.05, 3.63) is 20.8 Å². The van der Waals surface area contributed by atoms with Gasteiger partial charge in [-0.05, 0) is 28.4 Å². The summed E-state index contributed by atoms with van der Waals surface area (Å²) in [5.41, 5.74) is 5.79. The van der Waals surface area contributed by atoms with Crippen molar-refractivity contribution in [3.8, 4) is 0 Å². The van der Waals surface area contributed by atoms with E-state index in [0.29, 0.717) is 6.54 Å². The normalized spacial score (nSPS) is 12.5. The van der Waals surface area contributed by atoms with Crippen molar-refractivity contribution in [3.63, 3.8) is 0 Å². The maximum absolute atomic E-state index is 11.8. The SMILES string of the molecule is CCC[C@@H](N)C(=O)N(C)Cc1cc(Br)cs1. The molecule has 0 aliphatic rings.